The molecule has 32 heavy (non-hydrogen) atoms. The number of amides is 1. The van der Waals surface area contributed by atoms with E-state index in [0.29, 0.717) is 38.6 Å². The number of fused-ring (bicyclic) bond motifs is 1. The summed E-state index contributed by atoms with van der Waals surface area (Å²) in [5.41, 5.74) is 2.77. The molecule has 0 radical (unpaired) electrons. The Morgan fingerprint density at radius 2 is 1.72 bits per heavy atom. The predicted octanol–water partition coefficient (Wildman–Crippen LogP) is 5.97. The molecule has 6 heteroatoms. The first-order valence-electron chi connectivity index (χ1n) is 10.6. The number of carbonyl (C=O) groups is 1. The summed E-state index contributed by atoms with van der Waals surface area (Å²) in [5, 5.41) is 3.79. The van der Waals surface area contributed by atoms with Gasteiger partial charge in [-0.2, -0.15) is 0 Å². The SMILES string of the molecule is O=C(Nc1cccc2c(=O)cc(-c3ccccc3Cl)oc12)c1cccc(N2CCCC2)c1. The molecule has 0 spiro atoms. The number of para-hydroxylation sites is 1. The summed E-state index contributed by atoms with van der Waals surface area (Å²) in [6.45, 7) is 2.01. The van der Waals surface area contributed by atoms with Crippen LogP contribution >= 0.6 is 11.6 Å². The molecule has 5 nitrogen and oxygen atoms in total. The molecular weight excluding hydrogens is 424 g/mol. The fourth-order valence-corrected chi connectivity index (χ4v) is 4.31. The van der Waals surface area contributed by atoms with Crippen LogP contribution in [0.1, 0.15) is 23.2 Å². The van der Waals surface area contributed by atoms with E-state index in [2.05, 4.69) is 10.2 Å². The molecule has 1 N–H and O–H groups in total. The van der Waals surface area contributed by atoms with Crippen molar-refractivity contribution in [2.45, 2.75) is 12.8 Å². The fraction of sp³-hybridized carbons (Fsp3) is 0.154. The van der Waals surface area contributed by atoms with Crippen LogP contribution in [0, 0.1) is 0 Å². The second-order valence-corrected chi connectivity index (χ2v) is 8.24. The first kappa shape index (κ1) is 20.3. The van der Waals surface area contributed by atoms with E-state index in [1.165, 1.54) is 18.9 Å². The summed E-state index contributed by atoms with van der Waals surface area (Å²) in [6.07, 6.45) is 2.33. The minimum Gasteiger partial charge on any atom is -0.454 e. The van der Waals surface area contributed by atoms with Crippen molar-refractivity contribution in [1.29, 1.82) is 0 Å². The van der Waals surface area contributed by atoms with Crippen LogP contribution in [0.4, 0.5) is 11.4 Å². The molecular formula is C26H21ClN2O3. The van der Waals surface area contributed by atoms with Crippen molar-refractivity contribution in [2.75, 3.05) is 23.3 Å². The highest BCUT2D eigenvalue weighted by atomic mass is 35.5. The zero-order valence-electron chi connectivity index (χ0n) is 17.3. The van der Waals surface area contributed by atoms with Crippen LogP contribution in [-0.4, -0.2) is 19.0 Å². The molecule has 4 aromatic rings. The number of hydrogen-bond donors (Lipinski definition) is 1. The van der Waals surface area contributed by atoms with Gasteiger partial charge in [0.15, 0.2) is 11.0 Å². The summed E-state index contributed by atoms with van der Waals surface area (Å²) >= 11 is 6.30. The van der Waals surface area contributed by atoms with Gasteiger partial charge < -0.3 is 14.6 Å². The van der Waals surface area contributed by atoms with Gasteiger partial charge in [-0.25, -0.2) is 0 Å². The fourth-order valence-electron chi connectivity index (χ4n) is 4.08. The molecule has 1 fully saturated rings. The monoisotopic (exact) mass is 444 g/mol. The Labute approximate surface area is 190 Å². The molecule has 0 unspecified atom stereocenters. The number of nitrogens with one attached hydrogen (secondary N) is 1. The summed E-state index contributed by atoms with van der Waals surface area (Å²) in [7, 11) is 0. The van der Waals surface area contributed by atoms with Crippen molar-refractivity contribution < 1.29 is 9.21 Å². The average molecular weight is 445 g/mol. The van der Waals surface area contributed by atoms with E-state index in [1.807, 2.05) is 30.3 Å². The topological polar surface area (TPSA) is 62.6 Å². The molecule has 0 atom stereocenters. The van der Waals surface area contributed by atoms with E-state index in [0.717, 1.165) is 18.8 Å². The van der Waals surface area contributed by atoms with E-state index in [4.69, 9.17) is 16.0 Å². The molecule has 1 saturated heterocycles. The maximum atomic E-state index is 13.0. The van der Waals surface area contributed by atoms with Gasteiger partial charge in [0.1, 0.15) is 5.76 Å². The second-order valence-electron chi connectivity index (χ2n) is 7.84. The number of anilines is 2. The minimum atomic E-state index is -0.260. The van der Waals surface area contributed by atoms with E-state index in [-0.39, 0.29) is 11.3 Å². The highest BCUT2D eigenvalue weighted by Gasteiger charge is 2.17. The van der Waals surface area contributed by atoms with Crippen molar-refractivity contribution in [1.82, 2.24) is 0 Å². The van der Waals surface area contributed by atoms with Crippen LogP contribution in [0.3, 0.4) is 0 Å². The van der Waals surface area contributed by atoms with Gasteiger partial charge in [-0.15, -0.1) is 0 Å². The van der Waals surface area contributed by atoms with Gasteiger partial charge in [0, 0.05) is 36.0 Å². The van der Waals surface area contributed by atoms with Crippen LogP contribution in [-0.2, 0) is 0 Å². The maximum absolute atomic E-state index is 13.0. The standard InChI is InChI=1S/C26H21ClN2O3/c27-21-11-2-1-9-19(21)24-16-23(30)20-10-6-12-22(25(20)32-24)28-26(31)17-7-5-8-18(15-17)29-13-3-4-14-29/h1-2,5-12,15-16H,3-4,13-14H2,(H,28,31). The molecule has 3 aromatic carbocycles. The Morgan fingerprint density at radius 1 is 0.938 bits per heavy atom. The van der Waals surface area contributed by atoms with Crippen molar-refractivity contribution in [3.8, 4) is 11.3 Å². The largest absolute Gasteiger partial charge is 0.454 e. The number of benzene rings is 3. The zero-order valence-corrected chi connectivity index (χ0v) is 18.1. The number of rotatable bonds is 4. The third kappa shape index (κ3) is 3.87. The molecule has 1 aliphatic rings. The van der Waals surface area contributed by atoms with Gasteiger partial charge in [-0.05, 0) is 55.3 Å². The molecule has 160 valence electrons. The molecule has 5 rings (SSSR count). The third-order valence-corrected chi connectivity index (χ3v) is 6.05. The quantitative estimate of drug-likeness (QED) is 0.421. The predicted molar refractivity (Wildman–Crippen MR) is 129 cm³/mol. The Balaban J connectivity index is 1.52. The Morgan fingerprint density at radius 3 is 2.53 bits per heavy atom. The smallest absolute Gasteiger partial charge is 0.255 e. The van der Waals surface area contributed by atoms with Crippen molar-refractivity contribution in [3.05, 3.63) is 93.6 Å². The van der Waals surface area contributed by atoms with E-state index in [1.54, 1.807) is 36.4 Å². The number of halogens is 1. The van der Waals surface area contributed by atoms with Crippen molar-refractivity contribution in [3.63, 3.8) is 0 Å². The average Bonchev–Trinajstić information content (AvgIpc) is 3.35. The molecule has 2 heterocycles. The molecule has 1 aromatic heterocycles. The highest BCUT2D eigenvalue weighted by molar-refractivity contribution is 6.33. The first-order valence-corrected chi connectivity index (χ1v) is 11.0. The molecule has 0 aliphatic carbocycles. The molecule has 1 amide bonds. The van der Waals surface area contributed by atoms with Crippen molar-refractivity contribution >= 4 is 39.9 Å². The number of carbonyl (C=O) groups excluding carboxylic acids is 1. The van der Waals surface area contributed by atoms with Gasteiger partial charge in [-0.1, -0.05) is 35.9 Å². The Kier molecular flexibility index (Phi) is 5.41. The Hall–Kier alpha value is -3.57. The lowest BCUT2D eigenvalue weighted by molar-refractivity contribution is 0.102. The van der Waals surface area contributed by atoms with Crippen LogP contribution in [0.15, 0.2) is 82.0 Å². The van der Waals surface area contributed by atoms with Gasteiger partial charge >= 0.3 is 0 Å². The number of hydrogen-bond acceptors (Lipinski definition) is 4. The lowest BCUT2D eigenvalue weighted by Crippen LogP contribution is -2.19. The minimum absolute atomic E-state index is 0.201. The van der Waals surface area contributed by atoms with E-state index >= 15 is 0 Å². The summed E-state index contributed by atoms with van der Waals surface area (Å²) in [5.74, 6) is 0.0928. The summed E-state index contributed by atoms with van der Waals surface area (Å²) in [4.78, 5) is 28.1. The Bertz CT molecular complexity index is 1370. The molecule has 0 bridgehead atoms. The lowest BCUT2D eigenvalue weighted by atomic mass is 10.1. The van der Waals surface area contributed by atoms with Crippen LogP contribution < -0.4 is 15.6 Å². The normalized spacial score (nSPS) is 13.5. The van der Waals surface area contributed by atoms with Crippen LogP contribution in [0.2, 0.25) is 5.02 Å². The van der Waals surface area contributed by atoms with Gasteiger partial charge in [0.2, 0.25) is 0 Å². The van der Waals surface area contributed by atoms with E-state index < -0.39 is 0 Å². The first-order chi connectivity index (χ1) is 15.6. The van der Waals surface area contributed by atoms with Crippen molar-refractivity contribution in [2.24, 2.45) is 0 Å². The maximum Gasteiger partial charge on any atom is 0.255 e. The van der Waals surface area contributed by atoms with Crippen LogP contribution in [0.25, 0.3) is 22.3 Å². The van der Waals surface area contributed by atoms with Gasteiger partial charge in [0.05, 0.1) is 16.1 Å². The third-order valence-electron chi connectivity index (χ3n) is 5.72. The van der Waals surface area contributed by atoms with Gasteiger partial charge in [-0.3, -0.25) is 9.59 Å². The summed E-state index contributed by atoms with van der Waals surface area (Å²) < 4.78 is 6.08. The van der Waals surface area contributed by atoms with Crippen LogP contribution in [0.5, 0.6) is 0 Å². The zero-order chi connectivity index (χ0) is 22.1. The number of nitrogens with zero attached hydrogens (tertiary/aromatic N) is 1. The molecule has 0 saturated carbocycles. The highest BCUT2D eigenvalue weighted by Crippen LogP contribution is 2.31. The van der Waals surface area contributed by atoms with Gasteiger partial charge in [0.25, 0.3) is 5.91 Å². The second kappa shape index (κ2) is 8.52. The summed E-state index contributed by atoms with van der Waals surface area (Å²) in [6, 6.07) is 21.3. The molecule has 1 aliphatic heterocycles. The lowest BCUT2D eigenvalue weighted by Gasteiger charge is -2.18. The van der Waals surface area contributed by atoms with E-state index in [9.17, 15) is 9.59 Å².